The van der Waals surface area contributed by atoms with Crippen LogP contribution in [0.1, 0.15) is 56.3 Å². The van der Waals surface area contributed by atoms with Gasteiger partial charge in [0.2, 0.25) is 5.91 Å². The van der Waals surface area contributed by atoms with E-state index in [1.54, 1.807) is 57.2 Å². The average molecular weight is 496 g/mol. The van der Waals surface area contributed by atoms with Crippen LogP contribution in [0.3, 0.4) is 0 Å². The molecule has 3 rings (SSSR count). The maximum Gasteiger partial charge on any atom is 0.408 e. The molecule has 2 N–H and O–H groups in total. The third kappa shape index (κ3) is 6.77. The van der Waals surface area contributed by atoms with Crippen molar-refractivity contribution < 1.29 is 19.1 Å². The van der Waals surface area contributed by atoms with Gasteiger partial charge in [-0.2, -0.15) is 0 Å². The van der Waals surface area contributed by atoms with Crippen molar-refractivity contribution in [2.45, 2.75) is 58.2 Å². The van der Waals surface area contributed by atoms with E-state index < -0.39 is 29.6 Å². The summed E-state index contributed by atoms with van der Waals surface area (Å²) in [5.41, 5.74) is 1.57. The van der Waals surface area contributed by atoms with Crippen molar-refractivity contribution in [2.75, 3.05) is 11.9 Å². The number of hydrogen-bond acceptors (Lipinski definition) is 4. The molecule has 3 amide bonds. The Morgan fingerprint density at radius 1 is 1.17 bits per heavy atom. The van der Waals surface area contributed by atoms with Gasteiger partial charge in [-0.3, -0.25) is 9.59 Å². The van der Waals surface area contributed by atoms with Gasteiger partial charge in [0.25, 0.3) is 5.91 Å². The molecule has 1 aliphatic carbocycles. The lowest BCUT2D eigenvalue weighted by Gasteiger charge is -2.32. The minimum absolute atomic E-state index is 0.156. The molecule has 0 aliphatic heterocycles. The van der Waals surface area contributed by atoms with Crippen LogP contribution < -0.4 is 10.6 Å². The normalized spacial score (nSPS) is 13.8. The van der Waals surface area contributed by atoms with Crippen LogP contribution in [-0.2, 0) is 14.3 Å². The molecule has 1 aliphatic rings. The second-order valence-electron chi connectivity index (χ2n) is 9.44. The fourth-order valence-corrected chi connectivity index (χ4v) is 4.00. The Hall–Kier alpha value is -3.50. The van der Waals surface area contributed by atoms with Gasteiger partial charge in [0.05, 0.1) is 10.7 Å². The van der Waals surface area contributed by atoms with E-state index >= 15 is 0 Å². The summed E-state index contributed by atoms with van der Waals surface area (Å²) in [5, 5.41) is 5.78. The van der Waals surface area contributed by atoms with Gasteiger partial charge in [-0.1, -0.05) is 47.9 Å². The van der Waals surface area contributed by atoms with Gasteiger partial charge in [-0.25, -0.2) is 4.79 Å². The van der Waals surface area contributed by atoms with E-state index in [0.29, 0.717) is 21.8 Å². The summed E-state index contributed by atoms with van der Waals surface area (Å²) in [5.74, 6) is 1.75. The van der Waals surface area contributed by atoms with Gasteiger partial charge in [0, 0.05) is 11.6 Å². The number of rotatable bonds is 7. The van der Waals surface area contributed by atoms with Gasteiger partial charge in [0.15, 0.2) is 0 Å². The first-order chi connectivity index (χ1) is 16.5. The molecular formula is C27H30ClN3O4. The van der Waals surface area contributed by atoms with E-state index in [1.807, 2.05) is 13.0 Å². The molecule has 7 nitrogen and oxygen atoms in total. The smallest absolute Gasteiger partial charge is 0.408 e. The number of alkyl carbamates (subject to hydrolysis) is 1. The van der Waals surface area contributed by atoms with E-state index in [1.165, 1.54) is 4.90 Å². The number of benzene rings is 2. The number of halogens is 1. The lowest BCUT2D eigenvalue weighted by molar-refractivity contribution is -0.139. The fraction of sp³-hybridized carbons (Fsp3) is 0.370. The third-order valence-corrected chi connectivity index (χ3v) is 5.73. The monoisotopic (exact) mass is 495 g/mol. The van der Waals surface area contributed by atoms with Crippen LogP contribution in [0.2, 0.25) is 5.02 Å². The summed E-state index contributed by atoms with van der Waals surface area (Å²) in [6.07, 6.45) is 6.51. The predicted molar refractivity (Wildman–Crippen MR) is 136 cm³/mol. The van der Waals surface area contributed by atoms with Crippen LogP contribution in [0.4, 0.5) is 10.5 Å². The fourth-order valence-electron chi connectivity index (χ4n) is 3.73. The third-order valence-electron chi connectivity index (χ3n) is 5.42. The molecule has 0 bridgehead atoms. The summed E-state index contributed by atoms with van der Waals surface area (Å²) in [7, 11) is 0. The molecular weight excluding hydrogens is 466 g/mol. The molecule has 0 aromatic heterocycles. The van der Waals surface area contributed by atoms with Crippen LogP contribution in [-0.4, -0.2) is 41.0 Å². The summed E-state index contributed by atoms with van der Waals surface area (Å²) in [6, 6.07) is 11.2. The zero-order chi connectivity index (χ0) is 25.8. The molecule has 35 heavy (non-hydrogen) atoms. The Morgan fingerprint density at radius 3 is 2.46 bits per heavy atom. The number of para-hydroxylation sites is 1. The highest BCUT2D eigenvalue weighted by molar-refractivity contribution is 6.34. The molecule has 1 atom stereocenters. The van der Waals surface area contributed by atoms with Gasteiger partial charge < -0.3 is 20.3 Å². The largest absolute Gasteiger partial charge is 0.444 e. The quantitative estimate of drug-likeness (QED) is 0.539. The standard InChI is InChI=1S/C27H30ClN3O4/c1-6-18-11-7-8-12-20(18)24(25(33)30-23-17(2)10-9-13-21(23)28)31(19-14-15-19)22(32)16-29-26(34)35-27(3,4)5/h1,7-13,19,24H,14-16H2,2-5H3,(H,29,34)(H,30,33). The molecule has 0 spiro atoms. The Labute approximate surface area is 211 Å². The lowest BCUT2D eigenvalue weighted by Crippen LogP contribution is -2.47. The molecule has 184 valence electrons. The van der Waals surface area contributed by atoms with Gasteiger partial charge in [-0.15, -0.1) is 6.42 Å². The first-order valence-electron chi connectivity index (χ1n) is 11.4. The van der Waals surface area contributed by atoms with Crippen molar-refractivity contribution in [1.82, 2.24) is 10.2 Å². The zero-order valence-electron chi connectivity index (χ0n) is 20.4. The lowest BCUT2D eigenvalue weighted by atomic mass is 9.97. The Balaban J connectivity index is 1.95. The van der Waals surface area contributed by atoms with E-state index in [2.05, 4.69) is 16.6 Å². The van der Waals surface area contributed by atoms with Crippen molar-refractivity contribution in [3.8, 4) is 12.3 Å². The Kier molecular flexibility index (Phi) is 8.08. The molecule has 1 fully saturated rings. The summed E-state index contributed by atoms with van der Waals surface area (Å²) in [4.78, 5) is 40.8. The molecule has 2 aromatic rings. The van der Waals surface area contributed by atoms with Gasteiger partial charge in [-0.05, 0) is 63.8 Å². The number of nitrogens with zero attached hydrogens (tertiary/aromatic N) is 1. The number of hydrogen-bond donors (Lipinski definition) is 2. The number of carbonyl (C=O) groups excluding carboxylic acids is 3. The summed E-state index contributed by atoms with van der Waals surface area (Å²) in [6.45, 7) is 6.72. The van der Waals surface area contributed by atoms with E-state index in [9.17, 15) is 14.4 Å². The minimum Gasteiger partial charge on any atom is -0.444 e. The number of ether oxygens (including phenoxy) is 1. The number of aryl methyl sites for hydroxylation is 1. The molecule has 1 unspecified atom stereocenters. The van der Waals surface area contributed by atoms with Crippen LogP contribution in [0.15, 0.2) is 42.5 Å². The number of nitrogens with one attached hydrogen (secondary N) is 2. The SMILES string of the molecule is C#Cc1ccccc1C(C(=O)Nc1c(C)cccc1Cl)N(C(=O)CNC(=O)OC(C)(C)C)C1CC1. The highest BCUT2D eigenvalue weighted by Crippen LogP contribution is 2.37. The maximum atomic E-state index is 13.7. The second-order valence-corrected chi connectivity index (χ2v) is 9.85. The van der Waals surface area contributed by atoms with Crippen LogP contribution in [0, 0.1) is 19.3 Å². The maximum absolute atomic E-state index is 13.7. The van der Waals surface area contributed by atoms with E-state index in [0.717, 1.165) is 18.4 Å². The second kappa shape index (κ2) is 10.8. The molecule has 8 heteroatoms. The number of anilines is 1. The predicted octanol–water partition coefficient (Wildman–Crippen LogP) is 4.83. The highest BCUT2D eigenvalue weighted by Gasteiger charge is 2.42. The van der Waals surface area contributed by atoms with E-state index in [-0.39, 0.29) is 12.6 Å². The van der Waals surface area contributed by atoms with Crippen LogP contribution in [0.5, 0.6) is 0 Å². The summed E-state index contributed by atoms with van der Waals surface area (Å²) < 4.78 is 5.24. The van der Waals surface area contributed by atoms with Crippen molar-refractivity contribution in [3.05, 3.63) is 64.2 Å². The summed E-state index contributed by atoms with van der Waals surface area (Å²) >= 11 is 6.35. The first kappa shape index (κ1) is 26.1. The van der Waals surface area contributed by atoms with Crippen LogP contribution >= 0.6 is 11.6 Å². The Bertz CT molecular complexity index is 1140. The first-order valence-corrected chi connectivity index (χ1v) is 11.8. The molecule has 2 aromatic carbocycles. The van der Waals surface area contributed by atoms with Crippen LogP contribution in [0.25, 0.3) is 0 Å². The van der Waals surface area contributed by atoms with Gasteiger partial charge in [0.1, 0.15) is 18.2 Å². The number of terminal acetylenes is 1. The van der Waals surface area contributed by atoms with Crippen molar-refractivity contribution in [3.63, 3.8) is 0 Å². The van der Waals surface area contributed by atoms with Gasteiger partial charge >= 0.3 is 6.09 Å². The molecule has 0 radical (unpaired) electrons. The van der Waals surface area contributed by atoms with Crippen molar-refractivity contribution in [1.29, 1.82) is 0 Å². The minimum atomic E-state index is -1.02. The van der Waals surface area contributed by atoms with Crippen molar-refractivity contribution in [2.24, 2.45) is 0 Å². The van der Waals surface area contributed by atoms with E-state index in [4.69, 9.17) is 22.8 Å². The molecule has 0 heterocycles. The molecule has 1 saturated carbocycles. The average Bonchev–Trinajstić information content (AvgIpc) is 3.62. The topological polar surface area (TPSA) is 87.7 Å². The zero-order valence-corrected chi connectivity index (χ0v) is 21.1. The highest BCUT2D eigenvalue weighted by atomic mass is 35.5. The number of carbonyl (C=O) groups is 3. The molecule has 0 saturated heterocycles. The van der Waals surface area contributed by atoms with Crippen molar-refractivity contribution >= 4 is 35.2 Å². The Morgan fingerprint density at radius 2 is 1.86 bits per heavy atom. The number of amides is 3.